The number of anilines is 1. The van der Waals surface area contributed by atoms with Crippen LogP contribution in [0, 0.1) is 6.92 Å². The van der Waals surface area contributed by atoms with E-state index in [1.54, 1.807) is 19.1 Å². The first-order valence-corrected chi connectivity index (χ1v) is 6.51. The number of hydrogen-bond acceptors (Lipinski definition) is 4. The average molecular weight is 270 g/mol. The molecule has 0 saturated heterocycles. The minimum absolute atomic E-state index is 0.250. The van der Waals surface area contributed by atoms with Gasteiger partial charge in [-0.2, -0.15) is 0 Å². The predicted octanol–water partition coefficient (Wildman–Crippen LogP) is 2.27. The number of hydrogen-bond donors (Lipinski definition) is 0. The number of Topliss-reactive ketones (excluding diaryl/α,β-unsaturated/α-hetero) is 1. The molecule has 0 fully saturated rings. The Hall–Kier alpha value is -2.43. The molecule has 20 heavy (non-hydrogen) atoms. The van der Waals surface area contributed by atoms with Gasteiger partial charge in [-0.3, -0.25) is 14.5 Å². The highest BCUT2D eigenvalue weighted by Gasteiger charge is 2.36. The molecule has 1 aromatic carbocycles. The molecule has 2 heterocycles. The van der Waals surface area contributed by atoms with E-state index in [2.05, 4.69) is 5.16 Å². The number of fused-ring (bicyclic) bond motifs is 1. The number of nitrogens with zero attached hydrogens (tertiary/aromatic N) is 2. The van der Waals surface area contributed by atoms with Crippen LogP contribution in [0.1, 0.15) is 34.3 Å². The van der Waals surface area contributed by atoms with Gasteiger partial charge in [0.1, 0.15) is 11.5 Å². The SMILES string of the molecule is CCc1ccc2c(c1)C(=O)C(=O)N2Cc1cc(C)on1. The summed E-state index contributed by atoms with van der Waals surface area (Å²) >= 11 is 0. The second kappa shape index (κ2) is 4.59. The fourth-order valence-corrected chi connectivity index (χ4v) is 2.38. The predicted molar refractivity (Wildman–Crippen MR) is 72.6 cm³/mol. The van der Waals surface area contributed by atoms with Gasteiger partial charge in [0, 0.05) is 6.07 Å². The maximum absolute atomic E-state index is 12.1. The Morgan fingerprint density at radius 1 is 1.25 bits per heavy atom. The van der Waals surface area contributed by atoms with Crippen LogP contribution >= 0.6 is 0 Å². The number of benzene rings is 1. The Balaban J connectivity index is 1.98. The third kappa shape index (κ3) is 1.91. The first-order valence-electron chi connectivity index (χ1n) is 6.51. The van der Waals surface area contributed by atoms with Crippen LogP contribution in [0.3, 0.4) is 0 Å². The van der Waals surface area contributed by atoms with E-state index in [0.29, 0.717) is 22.7 Å². The number of rotatable bonds is 3. The summed E-state index contributed by atoms with van der Waals surface area (Å²) in [6.45, 7) is 4.05. The van der Waals surface area contributed by atoms with E-state index in [4.69, 9.17) is 4.52 Å². The zero-order valence-corrected chi connectivity index (χ0v) is 11.3. The molecule has 0 aliphatic carbocycles. The van der Waals surface area contributed by atoms with Crippen LogP contribution in [0.25, 0.3) is 0 Å². The number of carbonyl (C=O) groups excluding carboxylic acids is 2. The van der Waals surface area contributed by atoms with E-state index < -0.39 is 11.7 Å². The molecule has 0 atom stereocenters. The molecule has 0 spiro atoms. The fraction of sp³-hybridized carbons (Fsp3) is 0.267. The van der Waals surface area contributed by atoms with Crippen molar-refractivity contribution in [3.05, 3.63) is 46.8 Å². The van der Waals surface area contributed by atoms with Crippen LogP contribution in [0.4, 0.5) is 5.69 Å². The van der Waals surface area contributed by atoms with Crippen LogP contribution in [0.15, 0.2) is 28.8 Å². The topological polar surface area (TPSA) is 63.4 Å². The van der Waals surface area contributed by atoms with Gasteiger partial charge in [-0.05, 0) is 31.0 Å². The van der Waals surface area contributed by atoms with Crippen LogP contribution < -0.4 is 4.90 Å². The Morgan fingerprint density at radius 3 is 2.70 bits per heavy atom. The van der Waals surface area contributed by atoms with Gasteiger partial charge in [0.2, 0.25) is 0 Å². The quantitative estimate of drug-likeness (QED) is 0.803. The van der Waals surface area contributed by atoms with E-state index >= 15 is 0 Å². The Bertz CT molecular complexity index is 703. The van der Waals surface area contributed by atoms with Crippen LogP contribution in [-0.4, -0.2) is 16.8 Å². The van der Waals surface area contributed by atoms with E-state index in [9.17, 15) is 9.59 Å². The fourth-order valence-electron chi connectivity index (χ4n) is 2.38. The number of aryl methyl sites for hydroxylation is 2. The average Bonchev–Trinajstić information content (AvgIpc) is 2.96. The Kier molecular flexibility index (Phi) is 2.89. The zero-order valence-electron chi connectivity index (χ0n) is 11.3. The highest BCUT2D eigenvalue weighted by molar-refractivity contribution is 6.52. The maximum Gasteiger partial charge on any atom is 0.299 e. The smallest absolute Gasteiger partial charge is 0.299 e. The summed E-state index contributed by atoms with van der Waals surface area (Å²) in [7, 11) is 0. The van der Waals surface area contributed by atoms with Gasteiger partial charge >= 0.3 is 0 Å². The first-order chi connectivity index (χ1) is 9.60. The molecule has 0 unspecified atom stereocenters. The molecule has 1 amide bonds. The molecule has 1 aromatic heterocycles. The normalized spacial score (nSPS) is 14.0. The summed E-state index contributed by atoms with van der Waals surface area (Å²) in [5.74, 6) is -0.274. The molecule has 0 radical (unpaired) electrons. The number of amides is 1. The van der Waals surface area contributed by atoms with Gasteiger partial charge in [0.05, 0.1) is 17.8 Å². The van der Waals surface area contributed by atoms with Crippen molar-refractivity contribution in [3.63, 3.8) is 0 Å². The highest BCUT2D eigenvalue weighted by atomic mass is 16.5. The van der Waals surface area contributed by atoms with E-state index in [1.807, 2.05) is 19.1 Å². The lowest BCUT2D eigenvalue weighted by Gasteiger charge is -2.14. The molecular formula is C15H14N2O3. The lowest BCUT2D eigenvalue weighted by molar-refractivity contribution is -0.114. The van der Waals surface area contributed by atoms with E-state index in [0.717, 1.165) is 12.0 Å². The van der Waals surface area contributed by atoms with E-state index in [1.165, 1.54) is 4.90 Å². The van der Waals surface area contributed by atoms with Crippen molar-refractivity contribution in [3.8, 4) is 0 Å². The minimum Gasteiger partial charge on any atom is -0.361 e. The van der Waals surface area contributed by atoms with Gasteiger partial charge in [-0.15, -0.1) is 0 Å². The number of ketones is 1. The Morgan fingerprint density at radius 2 is 2.05 bits per heavy atom. The molecule has 5 nitrogen and oxygen atoms in total. The second-order valence-electron chi connectivity index (χ2n) is 4.85. The third-order valence-electron chi connectivity index (χ3n) is 3.44. The van der Waals surface area contributed by atoms with Crippen molar-refractivity contribution in [1.29, 1.82) is 0 Å². The molecule has 2 aromatic rings. The molecule has 102 valence electrons. The van der Waals surface area contributed by atoms with Crippen molar-refractivity contribution in [2.75, 3.05) is 4.90 Å². The van der Waals surface area contributed by atoms with Crippen LogP contribution in [0.2, 0.25) is 0 Å². The molecule has 3 rings (SSSR count). The zero-order chi connectivity index (χ0) is 14.3. The summed E-state index contributed by atoms with van der Waals surface area (Å²) < 4.78 is 4.99. The Labute approximate surface area is 116 Å². The van der Waals surface area contributed by atoms with Gasteiger partial charge in [-0.1, -0.05) is 18.1 Å². The molecule has 1 aliphatic heterocycles. The van der Waals surface area contributed by atoms with Crippen LogP contribution in [0.5, 0.6) is 0 Å². The van der Waals surface area contributed by atoms with Crippen LogP contribution in [-0.2, 0) is 17.8 Å². The summed E-state index contributed by atoms with van der Waals surface area (Å²) in [5.41, 5.74) is 2.81. The maximum atomic E-state index is 12.1. The second-order valence-corrected chi connectivity index (χ2v) is 4.85. The lowest BCUT2D eigenvalue weighted by atomic mass is 10.1. The van der Waals surface area contributed by atoms with Crippen molar-refractivity contribution < 1.29 is 14.1 Å². The van der Waals surface area contributed by atoms with Crippen molar-refractivity contribution in [1.82, 2.24) is 5.16 Å². The van der Waals surface area contributed by atoms with Crippen molar-refractivity contribution >= 4 is 17.4 Å². The lowest BCUT2D eigenvalue weighted by Crippen LogP contribution is -2.29. The highest BCUT2D eigenvalue weighted by Crippen LogP contribution is 2.31. The van der Waals surface area contributed by atoms with Gasteiger partial charge in [0.15, 0.2) is 0 Å². The van der Waals surface area contributed by atoms with Crippen molar-refractivity contribution in [2.24, 2.45) is 0 Å². The molecule has 1 aliphatic rings. The van der Waals surface area contributed by atoms with Gasteiger partial charge in [0.25, 0.3) is 11.7 Å². The largest absolute Gasteiger partial charge is 0.361 e. The molecule has 0 saturated carbocycles. The molecule has 0 bridgehead atoms. The standard InChI is InChI=1S/C15H14N2O3/c1-3-10-4-5-13-12(7-10)14(18)15(19)17(13)8-11-6-9(2)20-16-11/h4-7H,3,8H2,1-2H3. The monoisotopic (exact) mass is 270 g/mol. The van der Waals surface area contributed by atoms with E-state index in [-0.39, 0.29) is 6.54 Å². The van der Waals surface area contributed by atoms with Crippen molar-refractivity contribution in [2.45, 2.75) is 26.8 Å². The number of aromatic nitrogens is 1. The minimum atomic E-state index is -0.506. The summed E-state index contributed by atoms with van der Waals surface area (Å²) in [6.07, 6.45) is 0.831. The summed E-state index contributed by atoms with van der Waals surface area (Å²) in [5, 5.41) is 3.87. The van der Waals surface area contributed by atoms with Gasteiger partial charge in [-0.25, -0.2) is 0 Å². The molecule has 0 N–H and O–H groups in total. The van der Waals surface area contributed by atoms with Gasteiger partial charge < -0.3 is 4.52 Å². The first kappa shape index (κ1) is 12.6. The molecular weight excluding hydrogens is 256 g/mol. The number of carbonyl (C=O) groups is 2. The summed E-state index contributed by atoms with van der Waals surface area (Å²) in [4.78, 5) is 25.6. The summed E-state index contributed by atoms with van der Waals surface area (Å²) in [6, 6.07) is 7.31. The third-order valence-corrected chi connectivity index (χ3v) is 3.44. The molecule has 5 heteroatoms.